The molecule has 2 nitrogen and oxygen atoms in total. The summed E-state index contributed by atoms with van der Waals surface area (Å²) in [4.78, 5) is 8.16. The fourth-order valence-corrected chi connectivity index (χ4v) is 3.51. The molecule has 0 bridgehead atoms. The summed E-state index contributed by atoms with van der Waals surface area (Å²) in [5.74, 6) is 0.336. The van der Waals surface area contributed by atoms with E-state index >= 15 is 0 Å². The van der Waals surface area contributed by atoms with E-state index in [0.29, 0.717) is 5.92 Å². The maximum Gasteiger partial charge on any atom is 0.0726 e. The van der Waals surface area contributed by atoms with Gasteiger partial charge in [-0.25, -0.2) is 0 Å². The summed E-state index contributed by atoms with van der Waals surface area (Å²) in [5.41, 5.74) is 4.73. The molecule has 0 fully saturated rings. The molecule has 0 aliphatic heterocycles. The van der Waals surface area contributed by atoms with E-state index in [1.54, 1.807) is 0 Å². The van der Waals surface area contributed by atoms with Crippen LogP contribution in [-0.4, -0.2) is 9.97 Å². The SMILES string of the molecule is C1=CC(c2ccnc3ccc4c5ccccc5[nH]c4c23)C=C1.[Ru]. The van der Waals surface area contributed by atoms with Gasteiger partial charge < -0.3 is 4.98 Å². The molecule has 2 heterocycles. The monoisotopic (exact) mass is 384 g/mol. The van der Waals surface area contributed by atoms with Crippen LogP contribution in [0, 0.1) is 0 Å². The number of nitrogens with one attached hydrogen (secondary N) is 1. The molecule has 1 aliphatic rings. The first-order valence-corrected chi connectivity index (χ1v) is 7.55. The van der Waals surface area contributed by atoms with E-state index in [1.165, 1.54) is 32.8 Å². The standard InChI is InChI=1S/C20H14N2.Ru/c1-2-6-13(5-1)14-11-12-21-18-10-9-16-15-7-3-4-8-17(15)22-20(16)19(14)18;/h1-13,22H;. The van der Waals surface area contributed by atoms with Crippen molar-refractivity contribution in [3.05, 3.63) is 78.5 Å². The van der Waals surface area contributed by atoms with Crippen molar-refractivity contribution in [3.63, 3.8) is 0 Å². The molecular weight excluding hydrogens is 369 g/mol. The number of aromatic amines is 1. The van der Waals surface area contributed by atoms with Gasteiger partial charge in [0, 0.05) is 53.3 Å². The zero-order valence-electron chi connectivity index (χ0n) is 12.3. The topological polar surface area (TPSA) is 28.7 Å². The quantitative estimate of drug-likeness (QED) is 0.457. The van der Waals surface area contributed by atoms with Crippen molar-refractivity contribution in [1.29, 1.82) is 0 Å². The average molecular weight is 383 g/mol. The Morgan fingerprint density at radius 2 is 1.70 bits per heavy atom. The number of H-pyrrole nitrogens is 1. The summed E-state index contributed by atoms with van der Waals surface area (Å²) in [6.45, 7) is 0. The van der Waals surface area contributed by atoms with Crippen molar-refractivity contribution in [1.82, 2.24) is 9.97 Å². The number of fused-ring (bicyclic) bond motifs is 5. The number of rotatable bonds is 1. The smallest absolute Gasteiger partial charge is 0.0726 e. The molecule has 2 aromatic carbocycles. The van der Waals surface area contributed by atoms with Crippen LogP contribution >= 0.6 is 0 Å². The van der Waals surface area contributed by atoms with Crippen molar-refractivity contribution in [2.45, 2.75) is 5.92 Å². The van der Waals surface area contributed by atoms with Crippen molar-refractivity contribution < 1.29 is 19.5 Å². The second kappa shape index (κ2) is 5.43. The number of para-hydroxylation sites is 1. The largest absolute Gasteiger partial charge is 0.354 e. The molecule has 0 radical (unpaired) electrons. The number of aromatic nitrogens is 2. The van der Waals surface area contributed by atoms with Gasteiger partial charge in [0.1, 0.15) is 0 Å². The Hall–Kier alpha value is -2.25. The summed E-state index contributed by atoms with van der Waals surface area (Å²) < 4.78 is 0. The van der Waals surface area contributed by atoms with Crippen LogP contribution < -0.4 is 0 Å². The van der Waals surface area contributed by atoms with Crippen LogP contribution in [0.25, 0.3) is 32.7 Å². The summed E-state index contributed by atoms with van der Waals surface area (Å²) in [6, 6.07) is 14.9. The minimum absolute atomic E-state index is 0. The van der Waals surface area contributed by atoms with E-state index in [9.17, 15) is 0 Å². The van der Waals surface area contributed by atoms with Crippen molar-refractivity contribution in [3.8, 4) is 0 Å². The van der Waals surface area contributed by atoms with Gasteiger partial charge in [0.2, 0.25) is 0 Å². The molecule has 0 atom stereocenters. The van der Waals surface area contributed by atoms with Gasteiger partial charge in [0.15, 0.2) is 0 Å². The van der Waals surface area contributed by atoms with E-state index in [4.69, 9.17) is 0 Å². The molecule has 4 aromatic rings. The number of hydrogen-bond donors (Lipinski definition) is 1. The first-order valence-electron chi connectivity index (χ1n) is 7.55. The molecule has 1 N–H and O–H groups in total. The van der Waals surface area contributed by atoms with E-state index in [2.05, 4.69) is 76.7 Å². The number of allylic oxidation sites excluding steroid dienone is 4. The van der Waals surface area contributed by atoms with Gasteiger partial charge >= 0.3 is 0 Å². The van der Waals surface area contributed by atoms with E-state index in [0.717, 1.165) is 5.52 Å². The van der Waals surface area contributed by atoms with Gasteiger partial charge in [-0.05, 0) is 23.8 Å². The molecule has 0 spiro atoms. The summed E-state index contributed by atoms with van der Waals surface area (Å²) in [7, 11) is 0. The molecule has 112 valence electrons. The fourth-order valence-electron chi connectivity index (χ4n) is 3.51. The zero-order valence-corrected chi connectivity index (χ0v) is 14.0. The Morgan fingerprint density at radius 3 is 2.57 bits per heavy atom. The van der Waals surface area contributed by atoms with Crippen LogP contribution in [0.1, 0.15) is 11.5 Å². The molecule has 2 aromatic heterocycles. The summed E-state index contributed by atoms with van der Waals surface area (Å²) >= 11 is 0. The van der Waals surface area contributed by atoms with Crippen LogP contribution in [0.4, 0.5) is 0 Å². The third kappa shape index (κ3) is 2.08. The number of benzene rings is 2. The van der Waals surface area contributed by atoms with Crippen LogP contribution in [-0.2, 0) is 19.5 Å². The van der Waals surface area contributed by atoms with Crippen molar-refractivity contribution in [2.75, 3.05) is 0 Å². The fraction of sp³-hybridized carbons (Fsp3) is 0.0500. The molecule has 3 heteroatoms. The first kappa shape index (κ1) is 14.4. The molecule has 0 saturated heterocycles. The molecular formula is C20H14N2Ru. The third-order valence-corrected chi connectivity index (χ3v) is 4.52. The molecule has 0 saturated carbocycles. The van der Waals surface area contributed by atoms with E-state index < -0.39 is 0 Å². The predicted octanol–water partition coefficient (Wildman–Crippen LogP) is 5.08. The van der Waals surface area contributed by atoms with Gasteiger partial charge in [0.05, 0.1) is 11.0 Å². The molecule has 0 amide bonds. The Bertz CT molecular complexity index is 1080. The van der Waals surface area contributed by atoms with Crippen LogP contribution in [0.5, 0.6) is 0 Å². The Balaban J connectivity index is 0.00000135. The minimum atomic E-state index is 0. The number of hydrogen-bond acceptors (Lipinski definition) is 1. The average Bonchev–Trinajstić information content (AvgIpc) is 3.21. The molecule has 1 aliphatic carbocycles. The Morgan fingerprint density at radius 1 is 0.870 bits per heavy atom. The molecule has 23 heavy (non-hydrogen) atoms. The van der Waals surface area contributed by atoms with Gasteiger partial charge in [-0.15, -0.1) is 0 Å². The van der Waals surface area contributed by atoms with Crippen LogP contribution in [0.3, 0.4) is 0 Å². The van der Waals surface area contributed by atoms with Crippen molar-refractivity contribution in [2.24, 2.45) is 0 Å². The Labute approximate surface area is 146 Å². The molecule has 0 unspecified atom stereocenters. The second-order valence-corrected chi connectivity index (χ2v) is 5.75. The maximum atomic E-state index is 4.57. The normalized spacial score (nSPS) is 14.1. The van der Waals surface area contributed by atoms with E-state index in [1.807, 2.05) is 6.20 Å². The third-order valence-electron chi connectivity index (χ3n) is 4.52. The zero-order chi connectivity index (χ0) is 14.5. The maximum absolute atomic E-state index is 4.57. The Kier molecular flexibility index (Phi) is 3.39. The predicted molar refractivity (Wildman–Crippen MR) is 92.1 cm³/mol. The summed E-state index contributed by atoms with van der Waals surface area (Å²) in [5, 5.41) is 3.77. The van der Waals surface area contributed by atoms with Crippen LogP contribution in [0.15, 0.2) is 73.0 Å². The van der Waals surface area contributed by atoms with Gasteiger partial charge in [0.25, 0.3) is 0 Å². The van der Waals surface area contributed by atoms with Gasteiger partial charge in [-0.1, -0.05) is 48.6 Å². The molecule has 5 rings (SSSR count). The number of nitrogens with zero attached hydrogens (tertiary/aromatic N) is 1. The van der Waals surface area contributed by atoms with Gasteiger partial charge in [-0.3, -0.25) is 4.98 Å². The first-order chi connectivity index (χ1) is 10.9. The summed E-state index contributed by atoms with van der Waals surface area (Å²) in [6.07, 6.45) is 10.6. The second-order valence-electron chi connectivity index (χ2n) is 5.75. The van der Waals surface area contributed by atoms with Gasteiger partial charge in [-0.2, -0.15) is 0 Å². The minimum Gasteiger partial charge on any atom is -0.354 e. The van der Waals surface area contributed by atoms with Crippen molar-refractivity contribution >= 4 is 32.7 Å². The van der Waals surface area contributed by atoms with Crippen LogP contribution in [0.2, 0.25) is 0 Å². The van der Waals surface area contributed by atoms with E-state index in [-0.39, 0.29) is 19.5 Å². The number of pyridine rings is 1.